The van der Waals surface area contributed by atoms with Gasteiger partial charge >= 0.3 is 0 Å². The maximum Gasteiger partial charge on any atom is 0.160 e. The van der Waals surface area contributed by atoms with Gasteiger partial charge in [-0.2, -0.15) is 0 Å². The van der Waals surface area contributed by atoms with Crippen LogP contribution in [0.2, 0.25) is 0 Å². The fourth-order valence-corrected chi connectivity index (χ4v) is 2.77. The van der Waals surface area contributed by atoms with Crippen LogP contribution in [0.4, 0.5) is 0 Å². The van der Waals surface area contributed by atoms with Crippen LogP contribution in [0.5, 0.6) is 0 Å². The summed E-state index contributed by atoms with van der Waals surface area (Å²) in [4.78, 5) is 13.5. The van der Waals surface area contributed by atoms with Crippen molar-refractivity contribution >= 4 is 6.08 Å². The van der Waals surface area contributed by atoms with Crippen LogP contribution in [-0.4, -0.2) is 28.0 Å². The van der Waals surface area contributed by atoms with Crippen LogP contribution in [0.1, 0.15) is 36.9 Å². The molecule has 2 aromatic rings. The van der Waals surface area contributed by atoms with Crippen molar-refractivity contribution in [3.63, 3.8) is 0 Å². The minimum Gasteiger partial charge on any atom is -0.317 e. The molecule has 3 heterocycles. The van der Waals surface area contributed by atoms with Crippen LogP contribution in [0.3, 0.4) is 0 Å². The van der Waals surface area contributed by atoms with E-state index in [1.807, 2.05) is 37.5 Å². The number of hydrogen-bond acceptors (Lipinski definition) is 4. The zero-order chi connectivity index (χ0) is 14.5. The normalized spacial score (nSPS) is 16.4. The molecule has 2 aromatic heterocycles. The first kappa shape index (κ1) is 13.9. The highest BCUT2D eigenvalue weighted by atomic mass is 14.9. The van der Waals surface area contributed by atoms with Crippen molar-refractivity contribution in [2.24, 2.45) is 0 Å². The van der Waals surface area contributed by atoms with Gasteiger partial charge in [0.15, 0.2) is 5.82 Å². The fraction of sp³-hybridized carbons (Fsp3) is 0.353. The molecule has 0 spiro atoms. The summed E-state index contributed by atoms with van der Waals surface area (Å²) in [5.41, 5.74) is 3.28. The summed E-state index contributed by atoms with van der Waals surface area (Å²) < 4.78 is 0. The van der Waals surface area contributed by atoms with Crippen LogP contribution in [0.15, 0.2) is 36.8 Å². The van der Waals surface area contributed by atoms with Crippen LogP contribution in [-0.2, 0) is 0 Å². The Labute approximate surface area is 125 Å². The number of allylic oxidation sites excluding steroid dienone is 1. The van der Waals surface area contributed by atoms with E-state index in [2.05, 4.69) is 21.4 Å². The third-order valence-corrected chi connectivity index (χ3v) is 3.84. The van der Waals surface area contributed by atoms with Crippen molar-refractivity contribution in [1.29, 1.82) is 0 Å². The molecule has 4 nitrogen and oxygen atoms in total. The van der Waals surface area contributed by atoms with E-state index in [1.54, 1.807) is 6.20 Å². The minimum absolute atomic E-state index is 0.510. The number of hydrogen-bond donors (Lipinski definition) is 1. The number of rotatable bonds is 3. The summed E-state index contributed by atoms with van der Waals surface area (Å²) >= 11 is 0. The molecule has 0 saturated carbocycles. The summed E-state index contributed by atoms with van der Waals surface area (Å²) in [6.07, 6.45) is 11.9. The summed E-state index contributed by atoms with van der Waals surface area (Å²) in [5.74, 6) is 1.28. The fourth-order valence-electron chi connectivity index (χ4n) is 2.77. The third kappa shape index (κ3) is 3.16. The monoisotopic (exact) mass is 280 g/mol. The lowest BCUT2D eigenvalue weighted by molar-refractivity contribution is 0.452. The Hall–Kier alpha value is -2.07. The molecule has 3 rings (SSSR count). The first-order chi connectivity index (χ1) is 10.4. The van der Waals surface area contributed by atoms with Gasteiger partial charge in [0.25, 0.3) is 0 Å². The Morgan fingerprint density at radius 3 is 2.81 bits per heavy atom. The summed E-state index contributed by atoms with van der Waals surface area (Å²) in [5, 5.41) is 3.41. The smallest absolute Gasteiger partial charge is 0.160 e. The first-order valence-corrected chi connectivity index (χ1v) is 7.49. The van der Waals surface area contributed by atoms with E-state index < -0.39 is 0 Å². The summed E-state index contributed by atoms with van der Waals surface area (Å²) in [6.45, 7) is 4.15. The van der Waals surface area contributed by atoms with E-state index in [9.17, 15) is 0 Å². The van der Waals surface area contributed by atoms with E-state index >= 15 is 0 Å². The molecule has 1 fully saturated rings. The van der Waals surface area contributed by atoms with Gasteiger partial charge in [-0.15, -0.1) is 0 Å². The number of aromatic nitrogens is 3. The molecule has 1 saturated heterocycles. The van der Waals surface area contributed by atoms with E-state index in [0.717, 1.165) is 42.9 Å². The van der Waals surface area contributed by atoms with Crippen molar-refractivity contribution in [3.8, 4) is 11.4 Å². The average Bonchev–Trinajstić information content (AvgIpc) is 2.57. The van der Waals surface area contributed by atoms with Crippen LogP contribution < -0.4 is 5.32 Å². The lowest BCUT2D eigenvalue weighted by Gasteiger charge is -2.23. The number of pyridine rings is 1. The molecule has 0 aromatic carbocycles. The second-order valence-electron chi connectivity index (χ2n) is 5.30. The third-order valence-electron chi connectivity index (χ3n) is 3.84. The zero-order valence-electron chi connectivity index (χ0n) is 12.3. The Balaban J connectivity index is 2.01. The topological polar surface area (TPSA) is 50.7 Å². The van der Waals surface area contributed by atoms with Gasteiger partial charge in [-0.1, -0.05) is 12.2 Å². The Bertz CT molecular complexity index is 616. The van der Waals surface area contributed by atoms with Crippen LogP contribution in [0.25, 0.3) is 17.5 Å². The van der Waals surface area contributed by atoms with Gasteiger partial charge in [0, 0.05) is 35.6 Å². The molecule has 1 aliphatic rings. The van der Waals surface area contributed by atoms with Crippen LogP contribution in [0, 0.1) is 0 Å². The van der Waals surface area contributed by atoms with E-state index in [1.165, 1.54) is 5.69 Å². The predicted octanol–water partition coefficient (Wildman–Crippen LogP) is 3.04. The molecule has 0 radical (unpaired) electrons. The van der Waals surface area contributed by atoms with Gasteiger partial charge < -0.3 is 5.32 Å². The van der Waals surface area contributed by atoms with Gasteiger partial charge in [-0.25, -0.2) is 9.97 Å². The van der Waals surface area contributed by atoms with Gasteiger partial charge in [-0.3, -0.25) is 4.98 Å². The minimum atomic E-state index is 0.510. The Kier molecular flexibility index (Phi) is 4.36. The number of nitrogens with zero attached hydrogens (tertiary/aromatic N) is 3. The average molecular weight is 280 g/mol. The lowest BCUT2D eigenvalue weighted by Crippen LogP contribution is -2.27. The highest BCUT2D eigenvalue weighted by Crippen LogP contribution is 2.28. The maximum atomic E-state index is 4.86. The number of piperidine rings is 1. The second-order valence-corrected chi connectivity index (χ2v) is 5.30. The molecule has 1 aliphatic heterocycles. The molecule has 0 bridgehead atoms. The van der Waals surface area contributed by atoms with Crippen molar-refractivity contribution < 1.29 is 0 Å². The molecule has 0 aliphatic carbocycles. The Morgan fingerprint density at radius 2 is 2.10 bits per heavy atom. The molecular formula is C17H20N4. The maximum absolute atomic E-state index is 4.86. The molecule has 0 atom stereocenters. The van der Waals surface area contributed by atoms with Crippen molar-refractivity contribution in [2.75, 3.05) is 13.1 Å². The summed E-state index contributed by atoms with van der Waals surface area (Å²) in [6, 6.07) is 3.92. The quantitative estimate of drug-likeness (QED) is 0.939. The van der Waals surface area contributed by atoms with Gasteiger partial charge in [-0.05, 0) is 45.0 Å². The standard InChI is InChI=1S/C17H20N4/c1-2-4-14-12-20-17(15-5-3-8-19-11-15)21-16(14)13-6-9-18-10-7-13/h2-5,8,11-13,18H,6-7,9-10H2,1H3. The second kappa shape index (κ2) is 6.59. The van der Waals surface area contributed by atoms with Gasteiger partial charge in [0.2, 0.25) is 0 Å². The zero-order valence-corrected chi connectivity index (χ0v) is 12.3. The van der Waals surface area contributed by atoms with Crippen molar-refractivity contribution in [1.82, 2.24) is 20.3 Å². The predicted molar refractivity (Wildman–Crippen MR) is 84.8 cm³/mol. The lowest BCUT2D eigenvalue weighted by atomic mass is 9.91. The molecule has 4 heteroatoms. The molecular weight excluding hydrogens is 260 g/mol. The molecule has 21 heavy (non-hydrogen) atoms. The van der Waals surface area contributed by atoms with Crippen molar-refractivity contribution in [2.45, 2.75) is 25.7 Å². The van der Waals surface area contributed by atoms with Gasteiger partial charge in [0.05, 0.1) is 5.69 Å². The SMILES string of the molecule is CC=Cc1cnc(-c2cccnc2)nc1C1CCNCC1. The van der Waals surface area contributed by atoms with E-state index in [4.69, 9.17) is 4.98 Å². The Morgan fingerprint density at radius 1 is 1.24 bits per heavy atom. The van der Waals surface area contributed by atoms with Crippen LogP contribution >= 0.6 is 0 Å². The molecule has 0 unspecified atom stereocenters. The molecule has 0 amide bonds. The highest BCUT2D eigenvalue weighted by molar-refractivity contribution is 5.57. The highest BCUT2D eigenvalue weighted by Gasteiger charge is 2.20. The largest absolute Gasteiger partial charge is 0.317 e. The number of nitrogens with one attached hydrogen (secondary N) is 1. The van der Waals surface area contributed by atoms with E-state index in [0.29, 0.717) is 5.92 Å². The van der Waals surface area contributed by atoms with Crippen molar-refractivity contribution in [3.05, 3.63) is 48.1 Å². The van der Waals surface area contributed by atoms with E-state index in [-0.39, 0.29) is 0 Å². The summed E-state index contributed by atoms with van der Waals surface area (Å²) in [7, 11) is 0. The van der Waals surface area contributed by atoms with Gasteiger partial charge in [0.1, 0.15) is 0 Å². The first-order valence-electron chi connectivity index (χ1n) is 7.49. The molecule has 108 valence electrons. The molecule has 1 N–H and O–H groups in total.